The zero-order chi connectivity index (χ0) is 14.0. The highest BCUT2D eigenvalue weighted by molar-refractivity contribution is 5.41. The topological polar surface area (TPSA) is 58.9 Å². The number of nitrogens with zero attached hydrogens (tertiary/aromatic N) is 5. The van der Waals surface area contributed by atoms with E-state index in [9.17, 15) is 0 Å². The molecule has 3 rings (SSSR count). The molecule has 1 fully saturated rings. The van der Waals surface area contributed by atoms with E-state index in [2.05, 4.69) is 32.7 Å². The highest BCUT2D eigenvalue weighted by Crippen LogP contribution is 2.25. The molecule has 106 valence electrons. The number of benzene rings is 1. The summed E-state index contributed by atoms with van der Waals surface area (Å²) in [6.07, 6.45) is 2.18. The molecule has 20 heavy (non-hydrogen) atoms. The molecule has 1 aliphatic heterocycles. The number of rotatable bonds is 3. The Morgan fingerprint density at radius 1 is 1.15 bits per heavy atom. The number of nitrogens with one attached hydrogen (secondary N) is 1. The predicted octanol–water partition coefficient (Wildman–Crippen LogP) is 1.24. The molecule has 1 N–H and O–H groups in total. The fourth-order valence-corrected chi connectivity index (χ4v) is 2.57. The van der Waals surface area contributed by atoms with Crippen molar-refractivity contribution in [3.05, 3.63) is 30.3 Å². The average molecular weight is 272 g/mol. The van der Waals surface area contributed by atoms with Crippen molar-refractivity contribution >= 4 is 5.95 Å². The van der Waals surface area contributed by atoms with Crippen LogP contribution in [0.2, 0.25) is 0 Å². The Morgan fingerprint density at radius 2 is 1.85 bits per heavy atom. The van der Waals surface area contributed by atoms with Crippen LogP contribution in [0.15, 0.2) is 30.3 Å². The first-order valence-corrected chi connectivity index (χ1v) is 6.99. The summed E-state index contributed by atoms with van der Waals surface area (Å²) >= 11 is 0. The summed E-state index contributed by atoms with van der Waals surface area (Å²) < 4.78 is 1.81. The van der Waals surface area contributed by atoms with E-state index in [1.54, 1.807) is 0 Å². The second-order valence-electron chi connectivity index (χ2n) is 5.52. The third-order valence-electron chi connectivity index (χ3n) is 4.21. The molecule has 0 radical (unpaired) electrons. The SMILES string of the molecule is CNC1(C)CCN(c2nnnn2-c2ccccc2)CC1. The molecule has 0 spiro atoms. The minimum absolute atomic E-state index is 0.224. The van der Waals surface area contributed by atoms with Crippen molar-refractivity contribution in [3.8, 4) is 5.69 Å². The van der Waals surface area contributed by atoms with Gasteiger partial charge in [0.25, 0.3) is 0 Å². The van der Waals surface area contributed by atoms with Crippen LogP contribution in [0.3, 0.4) is 0 Å². The zero-order valence-corrected chi connectivity index (χ0v) is 12.0. The van der Waals surface area contributed by atoms with Gasteiger partial charge >= 0.3 is 0 Å². The van der Waals surface area contributed by atoms with Gasteiger partial charge in [-0.3, -0.25) is 0 Å². The Hall–Kier alpha value is -1.95. The average Bonchev–Trinajstić information content (AvgIpc) is 2.98. The second-order valence-corrected chi connectivity index (χ2v) is 5.52. The standard InChI is InChI=1S/C14H20N6/c1-14(15-2)8-10-19(11-9-14)13-16-17-18-20(13)12-6-4-3-5-7-12/h3-7,15H,8-11H2,1-2H3. The lowest BCUT2D eigenvalue weighted by atomic mass is 9.90. The van der Waals surface area contributed by atoms with Crippen LogP contribution in [0.1, 0.15) is 19.8 Å². The smallest absolute Gasteiger partial charge is 0.250 e. The molecular weight excluding hydrogens is 252 g/mol. The lowest BCUT2D eigenvalue weighted by Gasteiger charge is -2.39. The number of tetrazole rings is 1. The number of piperidine rings is 1. The van der Waals surface area contributed by atoms with Gasteiger partial charge in [0.1, 0.15) is 0 Å². The Balaban J connectivity index is 1.82. The maximum absolute atomic E-state index is 4.20. The Labute approximate surface area is 118 Å². The molecule has 6 heteroatoms. The molecular formula is C14H20N6. The van der Waals surface area contributed by atoms with E-state index in [4.69, 9.17) is 0 Å². The van der Waals surface area contributed by atoms with Crippen LogP contribution >= 0.6 is 0 Å². The normalized spacial score (nSPS) is 18.2. The van der Waals surface area contributed by atoms with Crippen molar-refractivity contribution in [2.75, 3.05) is 25.0 Å². The molecule has 2 aromatic rings. The summed E-state index contributed by atoms with van der Waals surface area (Å²) in [6.45, 7) is 4.19. The Morgan fingerprint density at radius 3 is 2.50 bits per heavy atom. The molecule has 1 aliphatic rings. The van der Waals surface area contributed by atoms with Crippen molar-refractivity contribution in [2.24, 2.45) is 0 Å². The summed E-state index contributed by atoms with van der Waals surface area (Å²) in [4.78, 5) is 2.26. The quantitative estimate of drug-likeness (QED) is 0.911. The minimum Gasteiger partial charge on any atom is -0.339 e. The fourth-order valence-electron chi connectivity index (χ4n) is 2.57. The van der Waals surface area contributed by atoms with Crippen LogP contribution in [0, 0.1) is 0 Å². The first kappa shape index (κ1) is 13.1. The minimum atomic E-state index is 0.224. The summed E-state index contributed by atoms with van der Waals surface area (Å²) in [5.41, 5.74) is 1.22. The molecule has 0 unspecified atom stereocenters. The van der Waals surface area contributed by atoms with Gasteiger partial charge in [0.05, 0.1) is 5.69 Å². The van der Waals surface area contributed by atoms with E-state index in [1.807, 2.05) is 42.1 Å². The van der Waals surface area contributed by atoms with Crippen molar-refractivity contribution < 1.29 is 0 Å². The van der Waals surface area contributed by atoms with Gasteiger partial charge in [-0.25, -0.2) is 0 Å². The van der Waals surface area contributed by atoms with Gasteiger partial charge in [0.15, 0.2) is 0 Å². The molecule has 6 nitrogen and oxygen atoms in total. The summed E-state index contributed by atoms with van der Waals surface area (Å²) in [7, 11) is 2.03. The van der Waals surface area contributed by atoms with Crippen LogP contribution in [0.4, 0.5) is 5.95 Å². The zero-order valence-electron chi connectivity index (χ0n) is 12.0. The van der Waals surface area contributed by atoms with E-state index in [0.717, 1.165) is 37.6 Å². The largest absolute Gasteiger partial charge is 0.339 e. The van der Waals surface area contributed by atoms with E-state index < -0.39 is 0 Å². The van der Waals surface area contributed by atoms with Crippen molar-refractivity contribution in [3.63, 3.8) is 0 Å². The first-order chi connectivity index (χ1) is 9.72. The van der Waals surface area contributed by atoms with E-state index in [0.29, 0.717) is 0 Å². The van der Waals surface area contributed by atoms with Crippen molar-refractivity contribution in [2.45, 2.75) is 25.3 Å². The number of anilines is 1. The van der Waals surface area contributed by atoms with Gasteiger partial charge in [-0.15, -0.1) is 0 Å². The summed E-state index contributed by atoms with van der Waals surface area (Å²) in [6, 6.07) is 10.0. The molecule has 1 saturated heterocycles. The fraction of sp³-hybridized carbons (Fsp3) is 0.500. The third-order valence-corrected chi connectivity index (χ3v) is 4.21. The lowest BCUT2D eigenvalue weighted by Crippen LogP contribution is -2.50. The molecule has 2 heterocycles. The van der Waals surface area contributed by atoms with Crippen LogP contribution in [-0.2, 0) is 0 Å². The number of hydrogen-bond acceptors (Lipinski definition) is 5. The van der Waals surface area contributed by atoms with Gasteiger partial charge in [-0.1, -0.05) is 23.3 Å². The monoisotopic (exact) mass is 272 g/mol. The highest BCUT2D eigenvalue weighted by atomic mass is 15.6. The van der Waals surface area contributed by atoms with E-state index in [-0.39, 0.29) is 5.54 Å². The molecule has 1 aromatic carbocycles. The molecule has 1 aromatic heterocycles. The summed E-state index contributed by atoms with van der Waals surface area (Å²) in [5.74, 6) is 0.828. The van der Waals surface area contributed by atoms with Gasteiger partial charge in [-0.2, -0.15) is 4.68 Å². The Bertz CT molecular complexity index is 556. The van der Waals surface area contributed by atoms with Crippen LogP contribution in [0.25, 0.3) is 5.69 Å². The van der Waals surface area contributed by atoms with Crippen LogP contribution in [0.5, 0.6) is 0 Å². The van der Waals surface area contributed by atoms with Crippen LogP contribution in [-0.4, -0.2) is 45.9 Å². The number of hydrogen-bond donors (Lipinski definition) is 1. The first-order valence-electron chi connectivity index (χ1n) is 6.99. The molecule has 0 bridgehead atoms. The van der Waals surface area contributed by atoms with Gasteiger partial charge in [0.2, 0.25) is 5.95 Å². The molecule has 0 atom stereocenters. The van der Waals surface area contributed by atoms with E-state index >= 15 is 0 Å². The van der Waals surface area contributed by atoms with Crippen LogP contribution < -0.4 is 10.2 Å². The lowest BCUT2D eigenvalue weighted by molar-refractivity contribution is 0.303. The molecule has 0 amide bonds. The summed E-state index contributed by atoms with van der Waals surface area (Å²) in [5, 5.41) is 15.6. The van der Waals surface area contributed by atoms with Gasteiger partial charge in [-0.05, 0) is 49.4 Å². The number of aromatic nitrogens is 4. The van der Waals surface area contributed by atoms with E-state index in [1.165, 1.54) is 0 Å². The highest BCUT2D eigenvalue weighted by Gasteiger charge is 2.30. The van der Waals surface area contributed by atoms with Gasteiger partial charge in [0, 0.05) is 18.6 Å². The van der Waals surface area contributed by atoms with Gasteiger partial charge < -0.3 is 10.2 Å². The molecule has 0 aliphatic carbocycles. The van der Waals surface area contributed by atoms with Crippen molar-refractivity contribution in [1.82, 2.24) is 25.5 Å². The third kappa shape index (κ3) is 2.38. The predicted molar refractivity (Wildman–Crippen MR) is 78.1 cm³/mol. The Kier molecular flexibility index (Phi) is 3.40. The maximum atomic E-state index is 4.20. The van der Waals surface area contributed by atoms with Crippen molar-refractivity contribution in [1.29, 1.82) is 0 Å². The molecule has 0 saturated carbocycles. The number of para-hydroxylation sites is 1. The second kappa shape index (κ2) is 5.20. The maximum Gasteiger partial charge on any atom is 0.250 e.